The summed E-state index contributed by atoms with van der Waals surface area (Å²) in [5.74, 6) is -0.534. The van der Waals surface area contributed by atoms with Crippen molar-refractivity contribution in [1.29, 1.82) is 0 Å². The summed E-state index contributed by atoms with van der Waals surface area (Å²) in [5.41, 5.74) is 0.721. The molecule has 0 aromatic heterocycles. The molecule has 0 radical (unpaired) electrons. The molecule has 2 aromatic rings. The minimum atomic E-state index is -0.590. The van der Waals surface area contributed by atoms with Crippen LogP contribution in [0.15, 0.2) is 42.5 Å². The molecule has 1 saturated carbocycles. The van der Waals surface area contributed by atoms with Gasteiger partial charge < -0.3 is 15.7 Å². The first kappa shape index (κ1) is 19.9. The zero-order chi connectivity index (χ0) is 19.9. The summed E-state index contributed by atoms with van der Waals surface area (Å²) in [6, 6.07) is 9.75. The Morgan fingerprint density at radius 2 is 1.71 bits per heavy atom. The standard InChI is InChI=1S/C22H25FN2O3/c23-19-12-9-17(24-21(27)13-6-15-4-2-1-3-5-15)14-20(19)25-22(28)16-7-10-18(26)11-8-16/h7-12,14-15,26H,1-6,13H2,(H,24,27)(H,25,28). The van der Waals surface area contributed by atoms with Gasteiger partial charge in [0.2, 0.25) is 5.91 Å². The fourth-order valence-corrected chi connectivity index (χ4v) is 3.54. The number of rotatable bonds is 6. The molecule has 0 bridgehead atoms. The van der Waals surface area contributed by atoms with Gasteiger partial charge in [-0.2, -0.15) is 0 Å². The molecule has 5 nitrogen and oxygen atoms in total. The number of nitrogens with one attached hydrogen (secondary N) is 2. The van der Waals surface area contributed by atoms with Crippen LogP contribution in [0.3, 0.4) is 0 Å². The van der Waals surface area contributed by atoms with E-state index in [9.17, 15) is 19.1 Å². The molecule has 0 spiro atoms. The van der Waals surface area contributed by atoms with Crippen LogP contribution >= 0.6 is 0 Å². The summed E-state index contributed by atoms with van der Waals surface area (Å²) in [4.78, 5) is 24.5. The maximum absolute atomic E-state index is 14.1. The van der Waals surface area contributed by atoms with E-state index < -0.39 is 11.7 Å². The van der Waals surface area contributed by atoms with E-state index in [1.54, 1.807) is 0 Å². The quantitative estimate of drug-likeness (QED) is 0.650. The van der Waals surface area contributed by atoms with Crippen LogP contribution in [-0.4, -0.2) is 16.9 Å². The average molecular weight is 384 g/mol. The second-order valence-corrected chi connectivity index (χ2v) is 7.29. The minimum absolute atomic E-state index is 0.0110. The summed E-state index contributed by atoms with van der Waals surface area (Å²) in [5, 5.41) is 14.6. The molecule has 6 heteroatoms. The van der Waals surface area contributed by atoms with Gasteiger partial charge in [-0.1, -0.05) is 32.1 Å². The maximum Gasteiger partial charge on any atom is 0.255 e. The molecule has 1 aliphatic carbocycles. The van der Waals surface area contributed by atoms with E-state index >= 15 is 0 Å². The molecule has 2 aromatic carbocycles. The van der Waals surface area contributed by atoms with E-state index in [0.717, 1.165) is 6.42 Å². The molecule has 0 aliphatic heterocycles. The van der Waals surface area contributed by atoms with Crippen molar-refractivity contribution in [3.05, 3.63) is 53.8 Å². The van der Waals surface area contributed by atoms with Crippen LogP contribution in [0.2, 0.25) is 0 Å². The smallest absolute Gasteiger partial charge is 0.255 e. The number of carbonyl (C=O) groups is 2. The third-order valence-electron chi connectivity index (χ3n) is 5.13. The molecule has 0 unspecified atom stereocenters. The number of benzene rings is 2. The highest BCUT2D eigenvalue weighted by molar-refractivity contribution is 6.04. The zero-order valence-corrected chi connectivity index (χ0v) is 15.7. The van der Waals surface area contributed by atoms with Crippen LogP contribution < -0.4 is 10.6 Å². The fraction of sp³-hybridized carbons (Fsp3) is 0.364. The van der Waals surface area contributed by atoms with Crippen LogP contribution in [0.4, 0.5) is 15.8 Å². The lowest BCUT2D eigenvalue weighted by Gasteiger charge is -2.21. The van der Waals surface area contributed by atoms with Crippen LogP contribution in [0.1, 0.15) is 55.3 Å². The van der Waals surface area contributed by atoms with Gasteiger partial charge in [-0.25, -0.2) is 4.39 Å². The summed E-state index contributed by atoms with van der Waals surface area (Å²) in [6.07, 6.45) is 7.48. The van der Waals surface area contributed by atoms with Crippen molar-refractivity contribution < 1.29 is 19.1 Å². The predicted molar refractivity (Wildman–Crippen MR) is 107 cm³/mol. The first-order valence-corrected chi connectivity index (χ1v) is 9.71. The largest absolute Gasteiger partial charge is 0.508 e. The lowest BCUT2D eigenvalue weighted by molar-refractivity contribution is -0.116. The van der Waals surface area contributed by atoms with Crippen molar-refractivity contribution in [2.45, 2.75) is 44.9 Å². The van der Waals surface area contributed by atoms with Crippen LogP contribution in [0.5, 0.6) is 5.75 Å². The normalized spacial score (nSPS) is 14.5. The Bertz CT molecular complexity index is 830. The van der Waals surface area contributed by atoms with Gasteiger partial charge in [-0.05, 0) is 54.8 Å². The monoisotopic (exact) mass is 384 g/mol. The average Bonchev–Trinajstić information content (AvgIpc) is 2.70. The summed E-state index contributed by atoms with van der Waals surface area (Å²) in [7, 11) is 0. The highest BCUT2D eigenvalue weighted by Gasteiger charge is 2.15. The number of halogens is 1. The van der Waals surface area contributed by atoms with E-state index in [4.69, 9.17) is 0 Å². The molecule has 28 heavy (non-hydrogen) atoms. The molecule has 1 aliphatic rings. The summed E-state index contributed by atoms with van der Waals surface area (Å²) < 4.78 is 14.1. The minimum Gasteiger partial charge on any atom is -0.508 e. The molecule has 148 valence electrons. The van der Waals surface area contributed by atoms with Gasteiger partial charge in [0.05, 0.1) is 5.69 Å². The van der Waals surface area contributed by atoms with Crippen molar-refractivity contribution in [3.8, 4) is 5.75 Å². The fourth-order valence-electron chi connectivity index (χ4n) is 3.54. The number of hydrogen-bond donors (Lipinski definition) is 3. The van der Waals surface area contributed by atoms with Gasteiger partial charge in [0, 0.05) is 17.7 Å². The highest BCUT2D eigenvalue weighted by atomic mass is 19.1. The Kier molecular flexibility index (Phi) is 6.63. The number of hydrogen-bond acceptors (Lipinski definition) is 3. The predicted octanol–water partition coefficient (Wildman–Crippen LogP) is 5.08. The van der Waals surface area contributed by atoms with Crippen LogP contribution in [-0.2, 0) is 4.79 Å². The highest BCUT2D eigenvalue weighted by Crippen LogP contribution is 2.27. The first-order chi connectivity index (χ1) is 13.5. The van der Waals surface area contributed by atoms with E-state index in [0.29, 0.717) is 23.6 Å². The molecular weight excluding hydrogens is 359 g/mol. The van der Waals surface area contributed by atoms with E-state index in [2.05, 4.69) is 10.6 Å². The van der Waals surface area contributed by atoms with E-state index in [-0.39, 0.29) is 17.3 Å². The SMILES string of the molecule is O=C(CCC1CCCCC1)Nc1ccc(F)c(NC(=O)c2ccc(O)cc2)c1. The van der Waals surface area contributed by atoms with Crippen molar-refractivity contribution >= 4 is 23.2 Å². The van der Waals surface area contributed by atoms with Gasteiger partial charge in [0.25, 0.3) is 5.91 Å². The van der Waals surface area contributed by atoms with Crippen LogP contribution in [0.25, 0.3) is 0 Å². The Hall–Kier alpha value is -2.89. The lowest BCUT2D eigenvalue weighted by Crippen LogP contribution is -2.16. The zero-order valence-electron chi connectivity index (χ0n) is 15.7. The molecule has 3 rings (SSSR count). The third kappa shape index (κ3) is 5.55. The first-order valence-electron chi connectivity index (χ1n) is 9.71. The molecule has 0 saturated heterocycles. The van der Waals surface area contributed by atoms with Gasteiger partial charge in [-0.3, -0.25) is 9.59 Å². The molecule has 3 N–H and O–H groups in total. The number of phenolic OH excluding ortho intramolecular Hbond substituents is 1. The molecule has 1 fully saturated rings. The van der Waals surface area contributed by atoms with Gasteiger partial charge in [-0.15, -0.1) is 0 Å². The lowest BCUT2D eigenvalue weighted by atomic mass is 9.86. The van der Waals surface area contributed by atoms with Gasteiger partial charge >= 0.3 is 0 Å². The summed E-state index contributed by atoms with van der Waals surface area (Å²) >= 11 is 0. The molecule has 0 atom stereocenters. The number of amides is 2. The number of aromatic hydroxyl groups is 1. The second kappa shape index (κ2) is 9.35. The molecule has 2 amide bonds. The van der Waals surface area contributed by atoms with Crippen molar-refractivity contribution in [3.63, 3.8) is 0 Å². The molecule has 0 heterocycles. The Morgan fingerprint density at radius 3 is 2.43 bits per heavy atom. The van der Waals surface area contributed by atoms with E-state index in [1.165, 1.54) is 74.6 Å². The van der Waals surface area contributed by atoms with E-state index in [1.807, 2.05) is 0 Å². The van der Waals surface area contributed by atoms with Gasteiger partial charge in [0.1, 0.15) is 11.6 Å². The van der Waals surface area contributed by atoms with Crippen molar-refractivity contribution in [1.82, 2.24) is 0 Å². The molecular formula is C22H25FN2O3. The van der Waals surface area contributed by atoms with Crippen molar-refractivity contribution in [2.24, 2.45) is 5.92 Å². The maximum atomic E-state index is 14.1. The Balaban J connectivity index is 1.58. The number of carbonyl (C=O) groups excluding carboxylic acids is 2. The van der Waals surface area contributed by atoms with Gasteiger partial charge in [0.15, 0.2) is 0 Å². The topological polar surface area (TPSA) is 78.4 Å². The number of anilines is 2. The Labute approximate surface area is 164 Å². The second-order valence-electron chi connectivity index (χ2n) is 7.29. The third-order valence-corrected chi connectivity index (χ3v) is 5.13. The van der Waals surface area contributed by atoms with Crippen LogP contribution in [0, 0.1) is 11.7 Å². The summed E-state index contributed by atoms with van der Waals surface area (Å²) in [6.45, 7) is 0. The Morgan fingerprint density at radius 1 is 1.00 bits per heavy atom. The number of phenols is 1. The van der Waals surface area contributed by atoms with Crippen molar-refractivity contribution in [2.75, 3.05) is 10.6 Å².